The van der Waals surface area contributed by atoms with Crippen molar-refractivity contribution in [1.29, 1.82) is 0 Å². The van der Waals surface area contributed by atoms with Crippen LogP contribution in [0.15, 0.2) is 28.7 Å². The minimum atomic E-state index is -0.731. The van der Waals surface area contributed by atoms with Crippen LogP contribution in [0.3, 0.4) is 0 Å². The maximum Gasteiger partial charge on any atom is 0.303 e. The topological polar surface area (TPSA) is 49.3 Å². The van der Waals surface area contributed by atoms with Gasteiger partial charge in [0.2, 0.25) is 0 Å². The van der Waals surface area contributed by atoms with E-state index < -0.39 is 5.97 Å². The minimum absolute atomic E-state index is 0.229. The molecule has 3 nitrogen and oxygen atoms in total. The van der Waals surface area contributed by atoms with Crippen molar-refractivity contribution in [3.8, 4) is 0 Å². The van der Waals surface area contributed by atoms with Crippen molar-refractivity contribution in [2.75, 3.05) is 7.05 Å². The number of nitrogens with one attached hydrogen (secondary N) is 1. The Morgan fingerprint density at radius 1 is 1.44 bits per heavy atom. The van der Waals surface area contributed by atoms with Gasteiger partial charge in [-0.15, -0.1) is 0 Å². The van der Waals surface area contributed by atoms with E-state index in [0.717, 1.165) is 10.9 Å². The average molecular weight is 286 g/mol. The Labute approximate surface area is 104 Å². The molecule has 0 fully saturated rings. The molecular weight excluding hydrogens is 270 g/mol. The molecule has 0 aliphatic heterocycles. The first-order valence-electron chi connectivity index (χ1n) is 5.28. The lowest BCUT2D eigenvalue weighted by atomic mass is 10.0. The first kappa shape index (κ1) is 13.2. The normalized spacial score (nSPS) is 12.4. The van der Waals surface area contributed by atoms with Crippen LogP contribution in [0.25, 0.3) is 0 Å². The van der Waals surface area contributed by atoms with E-state index in [-0.39, 0.29) is 12.5 Å². The van der Waals surface area contributed by atoms with Gasteiger partial charge in [0.1, 0.15) is 0 Å². The van der Waals surface area contributed by atoms with E-state index in [1.165, 1.54) is 5.56 Å². The highest BCUT2D eigenvalue weighted by Crippen LogP contribution is 2.21. The van der Waals surface area contributed by atoms with Gasteiger partial charge in [0.15, 0.2) is 0 Å². The highest BCUT2D eigenvalue weighted by atomic mass is 79.9. The van der Waals surface area contributed by atoms with Crippen LogP contribution in [0.5, 0.6) is 0 Å². The van der Waals surface area contributed by atoms with E-state index in [2.05, 4.69) is 21.2 Å². The molecule has 1 unspecified atom stereocenters. The second-order valence-electron chi connectivity index (χ2n) is 3.68. The Kier molecular flexibility index (Phi) is 5.49. The van der Waals surface area contributed by atoms with E-state index in [9.17, 15) is 4.79 Å². The lowest BCUT2D eigenvalue weighted by Crippen LogP contribution is -2.16. The van der Waals surface area contributed by atoms with Gasteiger partial charge >= 0.3 is 5.97 Å². The lowest BCUT2D eigenvalue weighted by Gasteiger charge is -2.16. The molecule has 88 valence electrons. The third kappa shape index (κ3) is 4.33. The number of carboxylic acid groups (broad SMARTS) is 1. The predicted octanol–water partition coefficient (Wildman–Crippen LogP) is 2.96. The van der Waals surface area contributed by atoms with Crippen LogP contribution in [-0.4, -0.2) is 18.1 Å². The molecule has 0 amide bonds. The van der Waals surface area contributed by atoms with Crippen molar-refractivity contribution < 1.29 is 9.90 Å². The number of hydrogen-bond donors (Lipinski definition) is 2. The molecule has 0 spiro atoms. The summed E-state index contributed by atoms with van der Waals surface area (Å²) in [5.74, 6) is -0.731. The summed E-state index contributed by atoms with van der Waals surface area (Å²) in [5, 5.41) is 11.8. The number of halogens is 1. The van der Waals surface area contributed by atoms with Gasteiger partial charge in [-0.1, -0.05) is 28.1 Å². The molecule has 0 saturated heterocycles. The molecule has 0 radical (unpaired) electrons. The quantitative estimate of drug-likeness (QED) is 0.845. The Balaban J connectivity index is 2.53. The second kappa shape index (κ2) is 6.66. The number of aliphatic carboxylic acids is 1. The molecule has 1 aromatic carbocycles. The van der Waals surface area contributed by atoms with Gasteiger partial charge in [-0.3, -0.25) is 4.79 Å². The molecule has 0 heterocycles. The largest absolute Gasteiger partial charge is 0.481 e. The van der Waals surface area contributed by atoms with Crippen LogP contribution in [0.2, 0.25) is 0 Å². The van der Waals surface area contributed by atoms with Crippen molar-refractivity contribution in [3.63, 3.8) is 0 Å². The van der Waals surface area contributed by atoms with Crippen LogP contribution < -0.4 is 5.32 Å². The van der Waals surface area contributed by atoms with E-state index in [1.807, 2.05) is 31.3 Å². The highest BCUT2D eigenvalue weighted by molar-refractivity contribution is 9.10. The second-order valence-corrected chi connectivity index (χ2v) is 4.59. The van der Waals surface area contributed by atoms with Crippen molar-refractivity contribution >= 4 is 21.9 Å². The summed E-state index contributed by atoms with van der Waals surface area (Å²) in [6.07, 6.45) is 1.76. The molecule has 4 heteroatoms. The van der Waals surface area contributed by atoms with E-state index in [0.29, 0.717) is 6.42 Å². The van der Waals surface area contributed by atoms with Crippen LogP contribution >= 0.6 is 15.9 Å². The van der Waals surface area contributed by atoms with Gasteiger partial charge in [0, 0.05) is 16.9 Å². The SMILES string of the molecule is CNC(CCCC(=O)O)c1ccc(Br)cc1. The van der Waals surface area contributed by atoms with Gasteiger partial charge in [-0.25, -0.2) is 0 Å². The Hall–Kier alpha value is -0.870. The van der Waals surface area contributed by atoms with Gasteiger partial charge in [0.25, 0.3) is 0 Å². The maximum atomic E-state index is 10.4. The third-order valence-electron chi connectivity index (χ3n) is 2.50. The molecule has 16 heavy (non-hydrogen) atoms. The molecule has 1 aromatic rings. The first-order valence-corrected chi connectivity index (χ1v) is 6.07. The minimum Gasteiger partial charge on any atom is -0.481 e. The summed E-state index contributed by atoms with van der Waals surface area (Å²) in [6, 6.07) is 8.32. The van der Waals surface area contributed by atoms with Crippen molar-refractivity contribution in [3.05, 3.63) is 34.3 Å². The predicted molar refractivity (Wildman–Crippen MR) is 67.4 cm³/mol. The van der Waals surface area contributed by atoms with E-state index in [4.69, 9.17) is 5.11 Å². The molecule has 1 atom stereocenters. The van der Waals surface area contributed by atoms with Crippen LogP contribution in [0.4, 0.5) is 0 Å². The lowest BCUT2D eigenvalue weighted by molar-refractivity contribution is -0.137. The molecule has 1 rings (SSSR count). The summed E-state index contributed by atoms with van der Waals surface area (Å²) in [7, 11) is 1.90. The molecule has 2 N–H and O–H groups in total. The fourth-order valence-electron chi connectivity index (χ4n) is 1.63. The summed E-state index contributed by atoms with van der Waals surface area (Å²) in [4.78, 5) is 10.4. The van der Waals surface area contributed by atoms with Crippen LogP contribution in [-0.2, 0) is 4.79 Å². The molecule has 0 aliphatic carbocycles. The highest BCUT2D eigenvalue weighted by Gasteiger charge is 2.09. The van der Waals surface area contributed by atoms with Crippen molar-refractivity contribution in [2.45, 2.75) is 25.3 Å². The molecule has 0 bridgehead atoms. The van der Waals surface area contributed by atoms with Gasteiger partial charge in [0.05, 0.1) is 0 Å². The third-order valence-corrected chi connectivity index (χ3v) is 3.03. The molecule has 0 saturated carbocycles. The van der Waals surface area contributed by atoms with Gasteiger partial charge in [-0.05, 0) is 37.6 Å². The first-order chi connectivity index (χ1) is 7.63. The number of carbonyl (C=O) groups is 1. The molecule has 0 aromatic heterocycles. The smallest absolute Gasteiger partial charge is 0.303 e. The fraction of sp³-hybridized carbons (Fsp3) is 0.417. The number of carboxylic acids is 1. The number of rotatable bonds is 6. The van der Waals surface area contributed by atoms with Gasteiger partial charge in [-0.2, -0.15) is 0 Å². The summed E-state index contributed by atoms with van der Waals surface area (Å²) >= 11 is 3.39. The van der Waals surface area contributed by atoms with Crippen molar-refractivity contribution in [2.24, 2.45) is 0 Å². The standard InChI is InChI=1S/C12H16BrNO2/c1-14-11(3-2-4-12(15)16)9-5-7-10(13)8-6-9/h5-8,11,14H,2-4H2,1H3,(H,15,16). The Morgan fingerprint density at radius 3 is 2.56 bits per heavy atom. The Bertz CT molecular complexity index is 337. The fourth-order valence-corrected chi connectivity index (χ4v) is 1.89. The summed E-state index contributed by atoms with van der Waals surface area (Å²) in [6.45, 7) is 0. The zero-order valence-electron chi connectivity index (χ0n) is 9.24. The van der Waals surface area contributed by atoms with Crippen LogP contribution in [0.1, 0.15) is 30.9 Å². The Morgan fingerprint density at radius 2 is 2.06 bits per heavy atom. The summed E-state index contributed by atoms with van der Waals surface area (Å²) < 4.78 is 1.05. The van der Waals surface area contributed by atoms with Crippen molar-refractivity contribution in [1.82, 2.24) is 5.32 Å². The maximum absolute atomic E-state index is 10.4. The van der Waals surface area contributed by atoms with Gasteiger partial charge < -0.3 is 10.4 Å². The zero-order valence-corrected chi connectivity index (χ0v) is 10.8. The monoisotopic (exact) mass is 285 g/mol. The van der Waals surface area contributed by atoms with E-state index in [1.54, 1.807) is 0 Å². The van der Waals surface area contributed by atoms with Crippen LogP contribution in [0, 0.1) is 0 Å². The number of hydrogen-bond acceptors (Lipinski definition) is 2. The number of benzene rings is 1. The summed E-state index contributed by atoms with van der Waals surface area (Å²) in [5.41, 5.74) is 1.19. The molecular formula is C12H16BrNO2. The average Bonchev–Trinajstić information content (AvgIpc) is 2.26. The van der Waals surface area contributed by atoms with E-state index >= 15 is 0 Å². The molecule has 0 aliphatic rings. The zero-order chi connectivity index (χ0) is 12.0.